The van der Waals surface area contributed by atoms with E-state index in [9.17, 15) is 14.4 Å². The number of carbonyl (C=O) groups excluding carboxylic acids is 3. The highest BCUT2D eigenvalue weighted by Gasteiger charge is 2.17. The average Bonchev–Trinajstić information content (AvgIpc) is 2.64. The topological polar surface area (TPSA) is 99.7 Å². The lowest BCUT2D eigenvalue weighted by Crippen LogP contribution is -2.37. The summed E-state index contributed by atoms with van der Waals surface area (Å²) in [6.45, 7) is 3.36. The molecule has 0 bridgehead atoms. The van der Waals surface area contributed by atoms with Gasteiger partial charge in [-0.2, -0.15) is 5.10 Å². The SMILES string of the molecule is C/C(CC(=O)NC1CCCCC1)=N\NC(=O)C(=O)Nc1cccc(Cl)c1C. The maximum absolute atomic E-state index is 12.0. The van der Waals surface area contributed by atoms with Crippen LogP contribution >= 0.6 is 11.6 Å². The van der Waals surface area contributed by atoms with E-state index in [1.807, 2.05) is 0 Å². The van der Waals surface area contributed by atoms with Crippen LogP contribution in [0.25, 0.3) is 0 Å². The van der Waals surface area contributed by atoms with Crippen LogP contribution < -0.4 is 16.1 Å². The fraction of sp³-hybridized carbons (Fsp3) is 0.474. The van der Waals surface area contributed by atoms with Crippen molar-refractivity contribution < 1.29 is 14.4 Å². The summed E-state index contributed by atoms with van der Waals surface area (Å²) >= 11 is 5.99. The highest BCUT2D eigenvalue weighted by molar-refractivity contribution is 6.40. The van der Waals surface area contributed by atoms with E-state index >= 15 is 0 Å². The van der Waals surface area contributed by atoms with Crippen molar-refractivity contribution in [3.05, 3.63) is 28.8 Å². The molecule has 7 nitrogen and oxygen atoms in total. The van der Waals surface area contributed by atoms with Crippen molar-refractivity contribution in [1.29, 1.82) is 0 Å². The van der Waals surface area contributed by atoms with Crippen LogP contribution in [0.2, 0.25) is 5.02 Å². The van der Waals surface area contributed by atoms with Crippen LogP contribution in [0.4, 0.5) is 5.69 Å². The van der Waals surface area contributed by atoms with E-state index in [1.54, 1.807) is 32.0 Å². The molecule has 0 unspecified atom stereocenters. The Kier molecular flexibility index (Phi) is 7.79. The molecule has 2 rings (SSSR count). The van der Waals surface area contributed by atoms with Gasteiger partial charge in [0.2, 0.25) is 5.91 Å². The van der Waals surface area contributed by atoms with Gasteiger partial charge in [0.15, 0.2) is 0 Å². The molecule has 1 fully saturated rings. The van der Waals surface area contributed by atoms with Gasteiger partial charge < -0.3 is 10.6 Å². The fourth-order valence-corrected chi connectivity index (χ4v) is 3.09. The molecule has 0 spiro atoms. The van der Waals surface area contributed by atoms with Crippen LogP contribution in [0.3, 0.4) is 0 Å². The zero-order valence-corrected chi connectivity index (χ0v) is 16.4. The summed E-state index contributed by atoms with van der Waals surface area (Å²) in [5, 5.41) is 9.79. The third kappa shape index (κ3) is 6.67. The summed E-state index contributed by atoms with van der Waals surface area (Å²) in [5.74, 6) is -1.90. The van der Waals surface area contributed by atoms with E-state index in [0.29, 0.717) is 22.0 Å². The van der Waals surface area contributed by atoms with Crippen LogP contribution in [0.1, 0.15) is 51.0 Å². The maximum Gasteiger partial charge on any atom is 0.329 e. The largest absolute Gasteiger partial charge is 0.353 e. The molecule has 3 N–H and O–H groups in total. The molecule has 0 radical (unpaired) electrons. The highest BCUT2D eigenvalue weighted by atomic mass is 35.5. The number of rotatable bonds is 5. The molecule has 1 aliphatic rings. The number of anilines is 1. The molecule has 0 saturated heterocycles. The number of amides is 3. The van der Waals surface area contributed by atoms with Gasteiger partial charge in [-0.25, -0.2) is 5.43 Å². The highest BCUT2D eigenvalue weighted by Crippen LogP contribution is 2.22. The van der Waals surface area contributed by atoms with Gasteiger partial charge in [0.1, 0.15) is 0 Å². The molecule has 0 aliphatic heterocycles. The van der Waals surface area contributed by atoms with Crippen molar-refractivity contribution in [3.8, 4) is 0 Å². The van der Waals surface area contributed by atoms with Gasteiger partial charge in [-0.15, -0.1) is 0 Å². The number of hydrogen-bond donors (Lipinski definition) is 3. The van der Waals surface area contributed by atoms with Crippen LogP contribution in [-0.4, -0.2) is 29.5 Å². The average molecular weight is 393 g/mol. The first-order valence-corrected chi connectivity index (χ1v) is 9.43. The molecular weight excluding hydrogens is 368 g/mol. The lowest BCUT2D eigenvalue weighted by Gasteiger charge is -2.22. The van der Waals surface area contributed by atoms with Crippen molar-refractivity contribution in [2.75, 3.05) is 5.32 Å². The van der Waals surface area contributed by atoms with E-state index < -0.39 is 11.8 Å². The van der Waals surface area contributed by atoms with Gasteiger partial charge in [0, 0.05) is 22.5 Å². The summed E-state index contributed by atoms with van der Waals surface area (Å²) in [5.41, 5.74) is 3.71. The normalized spacial score (nSPS) is 15.1. The first-order valence-electron chi connectivity index (χ1n) is 9.05. The number of nitrogens with zero attached hydrogens (tertiary/aromatic N) is 1. The zero-order chi connectivity index (χ0) is 19.8. The summed E-state index contributed by atoms with van der Waals surface area (Å²) in [6.07, 6.45) is 5.57. The smallest absolute Gasteiger partial charge is 0.329 e. The minimum absolute atomic E-state index is 0.0752. The van der Waals surface area contributed by atoms with E-state index in [2.05, 4.69) is 21.2 Å². The van der Waals surface area contributed by atoms with Gasteiger partial charge >= 0.3 is 11.8 Å². The Morgan fingerprint density at radius 2 is 1.85 bits per heavy atom. The van der Waals surface area contributed by atoms with E-state index in [1.165, 1.54) is 6.42 Å². The molecule has 1 aromatic carbocycles. The van der Waals surface area contributed by atoms with Crippen LogP contribution in [-0.2, 0) is 14.4 Å². The van der Waals surface area contributed by atoms with Crippen molar-refractivity contribution in [1.82, 2.24) is 10.7 Å². The summed E-state index contributed by atoms with van der Waals surface area (Å²) in [7, 11) is 0. The third-order valence-electron chi connectivity index (χ3n) is 4.46. The second-order valence-corrected chi connectivity index (χ2v) is 7.14. The van der Waals surface area contributed by atoms with Crippen molar-refractivity contribution in [2.45, 2.75) is 58.4 Å². The molecular formula is C19H25ClN4O3. The zero-order valence-electron chi connectivity index (χ0n) is 15.6. The van der Waals surface area contributed by atoms with Crippen molar-refractivity contribution >= 4 is 40.7 Å². The van der Waals surface area contributed by atoms with Gasteiger partial charge in [-0.1, -0.05) is 36.9 Å². The van der Waals surface area contributed by atoms with Gasteiger partial charge in [-0.3, -0.25) is 14.4 Å². The fourth-order valence-electron chi connectivity index (χ4n) is 2.92. The molecule has 0 heterocycles. The molecule has 8 heteroatoms. The molecule has 3 amide bonds. The van der Waals surface area contributed by atoms with Crippen molar-refractivity contribution in [3.63, 3.8) is 0 Å². The summed E-state index contributed by atoms with van der Waals surface area (Å²) in [4.78, 5) is 35.9. The summed E-state index contributed by atoms with van der Waals surface area (Å²) < 4.78 is 0. The number of nitrogens with one attached hydrogen (secondary N) is 3. The van der Waals surface area contributed by atoms with E-state index in [0.717, 1.165) is 25.7 Å². The monoisotopic (exact) mass is 392 g/mol. The lowest BCUT2D eigenvalue weighted by atomic mass is 9.95. The molecule has 1 aliphatic carbocycles. The first-order chi connectivity index (χ1) is 12.9. The molecule has 0 atom stereocenters. The second-order valence-electron chi connectivity index (χ2n) is 6.73. The Balaban J connectivity index is 1.80. The molecule has 27 heavy (non-hydrogen) atoms. The number of hydrazone groups is 1. The van der Waals surface area contributed by atoms with Gasteiger partial charge in [0.25, 0.3) is 0 Å². The Morgan fingerprint density at radius 3 is 2.56 bits per heavy atom. The molecule has 146 valence electrons. The van der Waals surface area contributed by atoms with Crippen molar-refractivity contribution in [2.24, 2.45) is 5.10 Å². The van der Waals surface area contributed by atoms with Crippen LogP contribution in [0.5, 0.6) is 0 Å². The van der Waals surface area contributed by atoms with Crippen LogP contribution in [0, 0.1) is 6.92 Å². The minimum Gasteiger partial charge on any atom is -0.353 e. The number of hydrogen-bond acceptors (Lipinski definition) is 4. The predicted molar refractivity (Wildman–Crippen MR) is 106 cm³/mol. The Bertz CT molecular complexity index is 742. The van der Waals surface area contributed by atoms with Gasteiger partial charge in [-0.05, 0) is 44.4 Å². The second kappa shape index (κ2) is 10.1. The number of benzene rings is 1. The Labute approximate surface area is 163 Å². The van der Waals surface area contributed by atoms with Crippen LogP contribution in [0.15, 0.2) is 23.3 Å². The molecule has 0 aromatic heterocycles. The Hall–Kier alpha value is -2.41. The van der Waals surface area contributed by atoms with E-state index in [-0.39, 0.29) is 18.4 Å². The molecule has 1 aromatic rings. The number of carbonyl (C=O) groups is 3. The molecule has 1 saturated carbocycles. The summed E-state index contributed by atoms with van der Waals surface area (Å²) in [6, 6.07) is 5.24. The first kappa shape index (κ1) is 20.9. The maximum atomic E-state index is 12.0. The predicted octanol–water partition coefficient (Wildman–Crippen LogP) is 2.92. The Morgan fingerprint density at radius 1 is 1.15 bits per heavy atom. The number of halogens is 1. The van der Waals surface area contributed by atoms with E-state index in [4.69, 9.17) is 11.6 Å². The third-order valence-corrected chi connectivity index (χ3v) is 4.87. The minimum atomic E-state index is -0.915. The van der Waals surface area contributed by atoms with Gasteiger partial charge in [0.05, 0.1) is 6.42 Å². The lowest BCUT2D eigenvalue weighted by molar-refractivity contribution is -0.136. The standard InChI is InChI=1S/C19H25ClN4O3/c1-12(11-17(25)21-14-7-4-3-5-8-14)23-24-19(27)18(26)22-16-10-6-9-15(20)13(16)2/h6,9-10,14H,3-5,7-8,11H2,1-2H3,(H,21,25)(H,22,26)(H,24,27)/b23-12+. The quantitative estimate of drug-likeness (QED) is 0.408.